The SMILES string of the molecule is Cc1cc(SCc2sc(-c3nccc4ccccc34)nc2C)ccc1OCC(=O)O. The highest BCUT2D eigenvalue weighted by molar-refractivity contribution is 7.98. The third-order valence-electron chi connectivity index (χ3n) is 4.64. The van der Waals surface area contributed by atoms with E-state index in [-0.39, 0.29) is 6.61 Å². The van der Waals surface area contributed by atoms with E-state index in [1.807, 2.05) is 56.4 Å². The van der Waals surface area contributed by atoms with Crippen LogP contribution in [0.3, 0.4) is 0 Å². The van der Waals surface area contributed by atoms with Crippen molar-refractivity contribution in [3.05, 3.63) is 70.9 Å². The molecule has 0 amide bonds. The zero-order valence-corrected chi connectivity index (χ0v) is 18.2. The number of thiazole rings is 1. The molecule has 4 aromatic rings. The van der Waals surface area contributed by atoms with E-state index in [1.165, 1.54) is 4.88 Å². The van der Waals surface area contributed by atoms with E-state index in [1.54, 1.807) is 23.1 Å². The summed E-state index contributed by atoms with van der Waals surface area (Å²) in [7, 11) is 0. The predicted octanol–water partition coefficient (Wildman–Crippen LogP) is 5.73. The summed E-state index contributed by atoms with van der Waals surface area (Å²) in [6.07, 6.45) is 1.83. The molecule has 0 aliphatic heterocycles. The molecule has 0 atom stereocenters. The molecular weight excluding hydrogens is 416 g/mol. The van der Waals surface area contributed by atoms with Gasteiger partial charge in [0.1, 0.15) is 16.5 Å². The van der Waals surface area contributed by atoms with Crippen LogP contribution in [0, 0.1) is 13.8 Å². The summed E-state index contributed by atoms with van der Waals surface area (Å²) >= 11 is 3.41. The van der Waals surface area contributed by atoms with E-state index in [2.05, 4.69) is 17.1 Å². The highest BCUT2D eigenvalue weighted by atomic mass is 32.2. The van der Waals surface area contributed by atoms with Gasteiger partial charge in [-0.2, -0.15) is 0 Å². The van der Waals surface area contributed by atoms with Crippen molar-refractivity contribution in [2.75, 3.05) is 6.61 Å². The fourth-order valence-electron chi connectivity index (χ4n) is 3.12. The van der Waals surface area contributed by atoms with Crippen LogP contribution in [-0.4, -0.2) is 27.7 Å². The molecule has 5 nitrogen and oxygen atoms in total. The van der Waals surface area contributed by atoms with Gasteiger partial charge < -0.3 is 9.84 Å². The summed E-state index contributed by atoms with van der Waals surface area (Å²) in [5.41, 5.74) is 2.87. The number of benzene rings is 2. The van der Waals surface area contributed by atoms with Gasteiger partial charge in [-0.25, -0.2) is 9.78 Å². The van der Waals surface area contributed by atoms with Crippen LogP contribution in [0.2, 0.25) is 0 Å². The van der Waals surface area contributed by atoms with Crippen LogP contribution in [0.5, 0.6) is 5.75 Å². The normalized spacial score (nSPS) is 11.0. The van der Waals surface area contributed by atoms with Gasteiger partial charge in [0, 0.05) is 27.1 Å². The standard InChI is InChI=1S/C23H20N2O3S2/c1-14-11-17(7-8-19(14)28-12-21(26)27)29-13-20-15(2)25-23(30-20)22-18-6-4-3-5-16(18)9-10-24-22/h3-11H,12-13H2,1-2H3,(H,26,27). The van der Waals surface area contributed by atoms with Gasteiger partial charge in [-0.05, 0) is 49.1 Å². The van der Waals surface area contributed by atoms with Gasteiger partial charge in [0.15, 0.2) is 6.61 Å². The van der Waals surface area contributed by atoms with Crippen molar-refractivity contribution >= 4 is 39.8 Å². The molecule has 0 saturated carbocycles. The first-order valence-corrected chi connectivity index (χ1v) is 11.2. The van der Waals surface area contributed by atoms with Crippen molar-refractivity contribution in [2.24, 2.45) is 0 Å². The number of thioether (sulfide) groups is 1. The van der Waals surface area contributed by atoms with Crippen molar-refractivity contribution in [1.29, 1.82) is 0 Å². The van der Waals surface area contributed by atoms with Crippen LogP contribution in [0.1, 0.15) is 16.1 Å². The average Bonchev–Trinajstić information content (AvgIpc) is 3.11. The summed E-state index contributed by atoms with van der Waals surface area (Å²) in [4.78, 5) is 22.4. The third-order valence-corrected chi connectivity index (χ3v) is 7.00. The summed E-state index contributed by atoms with van der Waals surface area (Å²) in [6, 6.07) is 16.0. The topological polar surface area (TPSA) is 72.3 Å². The molecule has 30 heavy (non-hydrogen) atoms. The van der Waals surface area contributed by atoms with E-state index < -0.39 is 5.97 Å². The minimum absolute atomic E-state index is 0.335. The Kier molecular flexibility index (Phi) is 6.01. The Balaban J connectivity index is 1.51. The lowest BCUT2D eigenvalue weighted by molar-refractivity contribution is -0.139. The van der Waals surface area contributed by atoms with Crippen LogP contribution < -0.4 is 4.74 Å². The number of fused-ring (bicyclic) bond motifs is 1. The summed E-state index contributed by atoms with van der Waals surface area (Å²) < 4.78 is 5.30. The zero-order valence-electron chi connectivity index (χ0n) is 16.6. The van der Waals surface area contributed by atoms with E-state index in [0.717, 1.165) is 43.4 Å². The lowest BCUT2D eigenvalue weighted by Gasteiger charge is -2.08. The molecule has 0 unspecified atom stereocenters. The van der Waals surface area contributed by atoms with Gasteiger partial charge >= 0.3 is 5.97 Å². The second-order valence-corrected chi connectivity index (χ2v) is 8.94. The van der Waals surface area contributed by atoms with E-state index in [4.69, 9.17) is 14.8 Å². The van der Waals surface area contributed by atoms with Crippen molar-refractivity contribution in [3.63, 3.8) is 0 Å². The minimum atomic E-state index is -0.981. The van der Waals surface area contributed by atoms with Gasteiger partial charge in [-0.3, -0.25) is 4.98 Å². The number of ether oxygens (including phenoxy) is 1. The summed E-state index contributed by atoms with van der Waals surface area (Å²) in [5, 5.41) is 12.0. The number of aliphatic carboxylic acids is 1. The Hall–Kier alpha value is -2.90. The maximum atomic E-state index is 10.7. The lowest BCUT2D eigenvalue weighted by Crippen LogP contribution is -2.09. The minimum Gasteiger partial charge on any atom is -0.482 e. The first-order chi connectivity index (χ1) is 14.5. The molecule has 1 N–H and O–H groups in total. The number of hydrogen-bond acceptors (Lipinski definition) is 6. The van der Waals surface area contributed by atoms with E-state index >= 15 is 0 Å². The summed E-state index contributed by atoms with van der Waals surface area (Å²) in [5.74, 6) is 0.424. The maximum Gasteiger partial charge on any atom is 0.341 e. The second-order valence-electron chi connectivity index (χ2n) is 6.81. The molecule has 0 aliphatic carbocycles. The van der Waals surface area contributed by atoms with Gasteiger partial charge in [-0.1, -0.05) is 24.3 Å². The predicted molar refractivity (Wildman–Crippen MR) is 121 cm³/mol. The molecule has 0 spiro atoms. The highest BCUT2D eigenvalue weighted by Gasteiger charge is 2.14. The quantitative estimate of drug-likeness (QED) is 0.373. The fraction of sp³-hybridized carbons (Fsp3) is 0.174. The fourth-order valence-corrected chi connectivity index (χ4v) is 5.33. The molecule has 0 radical (unpaired) electrons. The molecular formula is C23H20N2O3S2. The van der Waals surface area contributed by atoms with Crippen LogP contribution in [0.4, 0.5) is 0 Å². The van der Waals surface area contributed by atoms with Crippen molar-refractivity contribution < 1.29 is 14.6 Å². The van der Waals surface area contributed by atoms with Gasteiger partial charge in [0.05, 0.1) is 5.69 Å². The number of carboxylic acids is 1. The van der Waals surface area contributed by atoms with Crippen LogP contribution >= 0.6 is 23.1 Å². The zero-order chi connectivity index (χ0) is 21.1. The Morgan fingerprint density at radius 3 is 2.80 bits per heavy atom. The Labute approximate surface area is 182 Å². The number of nitrogens with zero attached hydrogens (tertiary/aromatic N) is 2. The number of hydrogen-bond donors (Lipinski definition) is 1. The first kappa shape index (κ1) is 20.4. The van der Waals surface area contributed by atoms with Crippen LogP contribution in [-0.2, 0) is 10.5 Å². The summed E-state index contributed by atoms with van der Waals surface area (Å²) in [6.45, 7) is 3.62. The van der Waals surface area contributed by atoms with E-state index in [9.17, 15) is 4.79 Å². The highest BCUT2D eigenvalue weighted by Crippen LogP contribution is 2.35. The lowest BCUT2D eigenvalue weighted by atomic mass is 10.1. The van der Waals surface area contributed by atoms with Gasteiger partial charge in [-0.15, -0.1) is 23.1 Å². The molecule has 0 aliphatic rings. The molecule has 0 bridgehead atoms. The molecule has 4 rings (SSSR count). The Bertz CT molecular complexity index is 1220. The van der Waals surface area contributed by atoms with Crippen LogP contribution in [0.15, 0.2) is 59.6 Å². The molecule has 2 heterocycles. The smallest absolute Gasteiger partial charge is 0.341 e. The monoisotopic (exact) mass is 436 g/mol. The largest absolute Gasteiger partial charge is 0.482 e. The number of pyridine rings is 1. The molecule has 7 heteroatoms. The van der Waals surface area contributed by atoms with E-state index in [0.29, 0.717) is 5.75 Å². The number of aromatic nitrogens is 2. The van der Waals surface area contributed by atoms with Crippen molar-refractivity contribution in [1.82, 2.24) is 9.97 Å². The van der Waals surface area contributed by atoms with Gasteiger partial charge in [0.25, 0.3) is 0 Å². The number of carboxylic acid groups (broad SMARTS) is 1. The second kappa shape index (κ2) is 8.85. The molecule has 2 aromatic carbocycles. The molecule has 0 fully saturated rings. The maximum absolute atomic E-state index is 10.7. The number of rotatable bonds is 7. The number of carbonyl (C=O) groups is 1. The van der Waals surface area contributed by atoms with Gasteiger partial charge in [0.2, 0.25) is 0 Å². The Morgan fingerprint density at radius 1 is 1.17 bits per heavy atom. The van der Waals surface area contributed by atoms with Crippen molar-refractivity contribution in [3.8, 4) is 16.5 Å². The average molecular weight is 437 g/mol. The third kappa shape index (κ3) is 4.47. The molecule has 152 valence electrons. The number of aryl methyl sites for hydroxylation is 2. The first-order valence-electron chi connectivity index (χ1n) is 9.40. The molecule has 2 aromatic heterocycles. The van der Waals surface area contributed by atoms with Crippen molar-refractivity contribution in [2.45, 2.75) is 24.5 Å². The Morgan fingerprint density at radius 2 is 2.00 bits per heavy atom. The molecule has 0 saturated heterocycles. The van der Waals surface area contributed by atoms with Crippen LogP contribution in [0.25, 0.3) is 21.5 Å².